The van der Waals surface area contributed by atoms with Gasteiger partial charge in [-0.3, -0.25) is 14.4 Å². The minimum absolute atomic E-state index is 0.0462. The summed E-state index contributed by atoms with van der Waals surface area (Å²) in [5.74, 6) is -2.83. The maximum atomic E-state index is 12.7. The number of nitrogens with one attached hydrogen (secondary N) is 4. The third-order valence-electron chi connectivity index (χ3n) is 5.09. The number of amides is 3. The van der Waals surface area contributed by atoms with Crippen molar-refractivity contribution >= 4 is 23.7 Å². The van der Waals surface area contributed by atoms with Crippen LogP contribution in [-0.2, 0) is 19.2 Å². The third kappa shape index (κ3) is 9.62. The maximum absolute atomic E-state index is 12.7. The van der Waals surface area contributed by atoms with Crippen LogP contribution in [0, 0.1) is 5.92 Å². The molecule has 4 unspecified atom stereocenters. The Morgan fingerprint density at radius 1 is 1.03 bits per heavy atom. The second-order valence-electron chi connectivity index (χ2n) is 8.27. The number of carboxylic acids is 1. The minimum Gasteiger partial charge on any atom is -0.480 e. The summed E-state index contributed by atoms with van der Waals surface area (Å²) in [6, 6.07) is -3.73. The van der Waals surface area contributed by atoms with Gasteiger partial charge in [-0.05, 0) is 57.5 Å². The molecule has 11 nitrogen and oxygen atoms in total. The number of aliphatic carboxylic acids is 1. The summed E-state index contributed by atoms with van der Waals surface area (Å²) in [6.07, 6.45) is 3.15. The predicted molar refractivity (Wildman–Crippen MR) is 114 cm³/mol. The fourth-order valence-electron chi connectivity index (χ4n) is 3.37. The van der Waals surface area contributed by atoms with Crippen molar-refractivity contribution in [3.8, 4) is 0 Å². The lowest BCUT2D eigenvalue weighted by atomic mass is 10.0. The van der Waals surface area contributed by atoms with E-state index < -0.39 is 54.5 Å². The first-order valence-corrected chi connectivity index (χ1v) is 10.9. The highest BCUT2D eigenvalue weighted by molar-refractivity contribution is 5.94. The first-order chi connectivity index (χ1) is 14.7. The fraction of sp³-hybridized carbons (Fsp3) is 0.800. The highest BCUT2D eigenvalue weighted by Gasteiger charge is 2.31. The topological polar surface area (TPSA) is 183 Å². The molecule has 0 aliphatic carbocycles. The Hall–Kier alpha value is -2.24. The number of carboxylic acid groups (broad SMARTS) is 1. The monoisotopic (exact) mass is 443 g/mol. The molecule has 1 fully saturated rings. The van der Waals surface area contributed by atoms with Crippen molar-refractivity contribution in [2.24, 2.45) is 11.7 Å². The summed E-state index contributed by atoms with van der Waals surface area (Å²) in [6.45, 7) is 4.18. The van der Waals surface area contributed by atoms with Crippen molar-refractivity contribution in [3.05, 3.63) is 0 Å². The van der Waals surface area contributed by atoms with Crippen LogP contribution < -0.4 is 27.0 Å². The molecule has 1 aliphatic rings. The van der Waals surface area contributed by atoms with Gasteiger partial charge in [0.25, 0.3) is 0 Å². The van der Waals surface area contributed by atoms with Crippen LogP contribution >= 0.6 is 0 Å². The molecule has 1 aliphatic heterocycles. The Morgan fingerprint density at radius 2 is 1.68 bits per heavy atom. The highest BCUT2D eigenvalue weighted by atomic mass is 16.4. The maximum Gasteiger partial charge on any atom is 0.326 e. The molecule has 31 heavy (non-hydrogen) atoms. The second kappa shape index (κ2) is 13.9. The number of rotatable bonds is 14. The molecule has 0 saturated carbocycles. The van der Waals surface area contributed by atoms with Crippen molar-refractivity contribution in [2.45, 2.75) is 76.5 Å². The van der Waals surface area contributed by atoms with Crippen molar-refractivity contribution in [1.29, 1.82) is 0 Å². The number of hydrogen-bond acceptors (Lipinski definition) is 7. The predicted octanol–water partition coefficient (Wildman–Crippen LogP) is -1.56. The smallest absolute Gasteiger partial charge is 0.326 e. The molecular formula is C20H37N5O6. The lowest BCUT2D eigenvalue weighted by Gasteiger charge is -2.25. The van der Waals surface area contributed by atoms with Gasteiger partial charge < -0.3 is 37.2 Å². The zero-order valence-electron chi connectivity index (χ0n) is 18.4. The molecule has 0 radical (unpaired) electrons. The van der Waals surface area contributed by atoms with Crippen molar-refractivity contribution < 1.29 is 29.4 Å². The normalized spacial score (nSPS) is 18.8. The van der Waals surface area contributed by atoms with Crippen LogP contribution in [0.3, 0.4) is 0 Å². The van der Waals surface area contributed by atoms with Crippen LogP contribution in [0.2, 0.25) is 0 Å². The van der Waals surface area contributed by atoms with Crippen LogP contribution in [-0.4, -0.2) is 77.8 Å². The van der Waals surface area contributed by atoms with Crippen molar-refractivity contribution in [3.63, 3.8) is 0 Å². The van der Waals surface area contributed by atoms with Gasteiger partial charge in [0.2, 0.25) is 17.7 Å². The first-order valence-electron chi connectivity index (χ1n) is 10.9. The van der Waals surface area contributed by atoms with Gasteiger partial charge in [-0.2, -0.15) is 0 Å². The average molecular weight is 444 g/mol. The van der Waals surface area contributed by atoms with E-state index in [4.69, 9.17) is 5.73 Å². The van der Waals surface area contributed by atoms with Crippen molar-refractivity contribution in [1.82, 2.24) is 21.3 Å². The van der Waals surface area contributed by atoms with E-state index in [2.05, 4.69) is 21.3 Å². The van der Waals surface area contributed by atoms with Gasteiger partial charge >= 0.3 is 5.97 Å². The number of carbonyl (C=O) groups excluding carboxylic acids is 3. The molecule has 178 valence electrons. The standard InChI is InChI=1S/C20H37N5O6/c1-12(2)10-15(20(30)31)24-18(28)14(6-3-4-8-21)23-19(29)16(11-26)25-17(27)13-7-5-9-22-13/h12-16,22,26H,3-11,21H2,1-2H3,(H,23,29)(H,24,28)(H,25,27)(H,30,31). The first kappa shape index (κ1) is 26.8. The Kier molecular flexibility index (Phi) is 12.1. The van der Waals surface area contributed by atoms with Gasteiger partial charge in [0, 0.05) is 0 Å². The lowest BCUT2D eigenvalue weighted by molar-refractivity contribution is -0.143. The van der Waals surface area contributed by atoms with Crippen LogP contribution in [0.25, 0.3) is 0 Å². The minimum atomic E-state index is -1.22. The number of nitrogens with two attached hydrogens (primary N) is 1. The number of unbranched alkanes of at least 4 members (excludes halogenated alkanes) is 1. The van der Waals surface area contributed by atoms with Gasteiger partial charge in [-0.1, -0.05) is 13.8 Å². The van der Waals surface area contributed by atoms with E-state index in [0.29, 0.717) is 32.4 Å². The Morgan fingerprint density at radius 3 is 2.19 bits per heavy atom. The molecule has 1 saturated heterocycles. The molecule has 0 bridgehead atoms. The number of hydrogen-bond donors (Lipinski definition) is 7. The number of aliphatic hydroxyl groups is 1. The molecule has 3 amide bonds. The van der Waals surface area contributed by atoms with Crippen LogP contribution in [0.4, 0.5) is 0 Å². The van der Waals surface area contributed by atoms with E-state index in [1.165, 1.54) is 0 Å². The van der Waals surface area contributed by atoms with Crippen molar-refractivity contribution in [2.75, 3.05) is 19.7 Å². The van der Waals surface area contributed by atoms with Gasteiger partial charge in [-0.15, -0.1) is 0 Å². The summed E-state index contributed by atoms with van der Waals surface area (Å²) in [5.41, 5.74) is 5.50. The fourth-order valence-corrected chi connectivity index (χ4v) is 3.37. The Labute approximate surface area is 182 Å². The van der Waals surface area contributed by atoms with E-state index >= 15 is 0 Å². The molecule has 0 spiro atoms. The van der Waals surface area contributed by atoms with E-state index in [1.54, 1.807) is 0 Å². The van der Waals surface area contributed by atoms with E-state index in [1.807, 2.05) is 13.8 Å². The summed E-state index contributed by atoms with van der Waals surface area (Å²) in [7, 11) is 0. The summed E-state index contributed by atoms with van der Waals surface area (Å²) < 4.78 is 0. The molecule has 1 heterocycles. The van der Waals surface area contributed by atoms with E-state index in [9.17, 15) is 29.4 Å². The quantitative estimate of drug-likeness (QED) is 0.157. The average Bonchev–Trinajstić information content (AvgIpc) is 3.25. The van der Waals surface area contributed by atoms with Gasteiger partial charge in [0.05, 0.1) is 12.6 Å². The molecule has 4 atom stereocenters. The molecule has 11 heteroatoms. The van der Waals surface area contributed by atoms with Gasteiger partial charge in [0.15, 0.2) is 0 Å². The zero-order chi connectivity index (χ0) is 23.4. The number of aliphatic hydroxyl groups excluding tert-OH is 1. The van der Waals surface area contributed by atoms with Crippen LogP contribution in [0.5, 0.6) is 0 Å². The van der Waals surface area contributed by atoms with Gasteiger partial charge in [-0.25, -0.2) is 4.79 Å². The summed E-state index contributed by atoms with van der Waals surface area (Å²) in [4.78, 5) is 49.1. The van der Waals surface area contributed by atoms with Gasteiger partial charge in [0.1, 0.15) is 18.1 Å². The second-order valence-corrected chi connectivity index (χ2v) is 8.27. The SMILES string of the molecule is CC(C)CC(NC(=O)C(CCCCN)NC(=O)C(CO)NC(=O)C1CCCN1)C(=O)O. The summed E-state index contributed by atoms with van der Waals surface area (Å²) >= 11 is 0. The highest BCUT2D eigenvalue weighted by Crippen LogP contribution is 2.08. The molecule has 0 aromatic carbocycles. The Balaban J connectivity index is 2.79. The molecule has 0 aromatic heterocycles. The lowest BCUT2D eigenvalue weighted by Crippen LogP contribution is -2.58. The molecule has 8 N–H and O–H groups in total. The zero-order valence-corrected chi connectivity index (χ0v) is 18.4. The molecular weight excluding hydrogens is 406 g/mol. The van der Waals surface area contributed by atoms with Crippen LogP contribution in [0.1, 0.15) is 52.4 Å². The molecule has 0 aromatic rings. The summed E-state index contributed by atoms with van der Waals surface area (Å²) in [5, 5.41) is 29.5. The van der Waals surface area contributed by atoms with E-state index in [-0.39, 0.29) is 18.8 Å². The molecule has 1 rings (SSSR count). The Bertz CT molecular complexity index is 609. The van der Waals surface area contributed by atoms with E-state index in [0.717, 1.165) is 6.42 Å². The number of carbonyl (C=O) groups is 4. The largest absolute Gasteiger partial charge is 0.480 e. The third-order valence-corrected chi connectivity index (χ3v) is 5.09. The van der Waals surface area contributed by atoms with Crippen LogP contribution in [0.15, 0.2) is 0 Å².